The lowest BCUT2D eigenvalue weighted by molar-refractivity contribution is 0.0988. The van der Waals surface area contributed by atoms with Gasteiger partial charge in [-0.2, -0.15) is 0 Å². The Balaban J connectivity index is 3.01. The molecule has 106 valence electrons. The number of nitrogens with zero attached hydrogens (tertiary/aromatic N) is 1. The summed E-state index contributed by atoms with van der Waals surface area (Å²) in [5.41, 5.74) is 1.97. The maximum absolute atomic E-state index is 12.1. The molecule has 0 N–H and O–H groups in total. The van der Waals surface area contributed by atoms with Gasteiger partial charge in [0.15, 0.2) is 5.78 Å². The second-order valence-corrected chi connectivity index (χ2v) is 5.02. The van der Waals surface area contributed by atoms with Crippen molar-refractivity contribution in [2.75, 3.05) is 18.0 Å². The molecule has 0 aliphatic rings. The molecular weight excluding hydrogens is 234 g/mol. The Hall–Kier alpha value is -1.31. The zero-order valence-electron chi connectivity index (χ0n) is 12.8. The van der Waals surface area contributed by atoms with Gasteiger partial charge < -0.3 is 4.90 Å². The largest absolute Gasteiger partial charge is 0.371 e. The van der Waals surface area contributed by atoms with Gasteiger partial charge in [0.25, 0.3) is 0 Å². The van der Waals surface area contributed by atoms with E-state index in [0.29, 0.717) is 12.3 Å². The molecule has 0 saturated carbocycles. The van der Waals surface area contributed by atoms with E-state index in [2.05, 4.69) is 31.7 Å². The Labute approximate surface area is 117 Å². The molecule has 0 radical (unpaired) electrons. The van der Waals surface area contributed by atoms with E-state index in [0.717, 1.165) is 24.3 Å². The third-order valence-electron chi connectivity index (χ3n) is 3.88. The molecular formula is C17H27NO. The van der Waals surface area contributed by atoms with Gasteiger partial charge in [0.05, 0.1) is 0 Å². The number of anilines is 1. The number of hydrogen-bond donors (Lipinski definition) is 0. The van der Waals surface area contributed by atoms with Gasteiger partial charge in [-0.25, -0.2) is 0 Å². The van der Waals surface area contributed by atoms with Crippen LogP contribution in [0.4, 0.5) is 5.69 Å². The summed E-state index contributed by atoms with van der Waals surface area (Å²) >= 11 is 0. The van der Waals surface area contributed by atoms with E-state index in [9.17, 15) is 4.79 Å². The number of ketones is 1. The number of Topliss-reactive ketones (excluding diaryl/α,β-unsaturated/α-hetero) is 1. The van der Waals surface area contributed by atoms with Crippen molar-refractivity contribution in [1.82, 2.24) is 0 Å². The van der Waals surface area contributed by atoms with Crippen LogP contribution in [0.5, 0.6) is 0 Å². The topological polar surface area (TPSA) is 20.3 Å². The zero-order chi connectivity index (χ0) is 14.3. The molecule has 2 nitrogen and oxygen atoms in total. The van der Waals surface area contributed by atoms with E-state index >= 15 is 0 Å². The highest BCUT2D eigenvalue weighted by Crippen LogP contribution is 2.24. The number of para-hydroxylation sites is 1. The minimum absolute atomic E-state index is 0.235. The quantitative estimate of drug-likeness (QED) is 0.640. The van der Waals surface area contributed by atoms with Crippen LogP contribution in [0.25, 0.3) is 0 Å². The van der Waals surface area contributed by atoms with Gasteiger partial charge in [-0.1, -0.05) is 45.7 Å². The summed E-state index contributed by atoms with van der Waals surface area (Å²) in [7, 11) is 0. The van der Waals surface area contributed by atoms with Crippen LogP contribution >= 0.6 is 0 Å². The molecule has 0 bridgehead atoms. The molecule has 0 saturated heterocycles. The number of hydrogen-bond acceptors (Lipinski definition) is 2. The highest BCUT2D eigenvalue weighted by atomic mass is 16.1. The number of rotatable bonds is 8. The lowest BCUT2D eigenvalue weighted by Gasteiger charge is -2.29. The summed E-state index contributed by atoms with van der Waals surface area (Å²) in [6, 6.07) is 8.01. The van der Waals surface area contributed by atoms with Crippen molar-refractivity contribution in [3.8, 4) is 0 Å². The number of carbonyl (C=O) groups is 1. The molecule has 0 spiro atoms. The molecule has 0 aromatic heterocycles. The number of benzene rings is 1. The van der Waals surface area contributed by atoms with Gasteiger partial charge >= 0.3 is 0 Å². The normalized spacial score (nSPS) is 10.8. The van der Waals surface area contributed by atoms with Crippen LogP contribution in [-0.4, -0.2) is 18.9 Å². The van der Waals surface area contributed by atoms with Crippen molar-refractivity contribution < 1.29 is 4.79 Å². The highest BCUT2D eigenvalue weighted by molar-refractivity contribution is 6.01. The SMILES string of the molecule is CCC(=O)c1ccccc1N(CC)CC(CC)CC. The first-order valence-electron chi connectivity index (χ1n) is 7.54. The molecule has 1 aromatic rings. The zero-order valence-corrected chi connectivity index (χ0v) is 12.8. The van der Waals surface area contributed by atoms with E-state index in [1.807, 2.05) is 25.1 Å². The average molecular weight is 261 g/mol. The van der Waals surface area contributed by atoms with Gasteiger partial charge in [0, 0.05) is 30.8 Å². The monoisotopic (exact) mass is 261 g/mol. The van der Waals surface area contributed by atoms with Crippen molar-refractivity contribution in [1.29, 1.82) is 0 Å². The van der Waals surface area contributed by atoms with Crippen LogP contribution in [0.1, 0.15) is 57.3 Å². The fourth-order valence-electron chi connectivity index (χ4n) is 2.43. The van der Waals surface area contributed by atoms with Crippen LogP contribution < -0.4 is 4.90 Å². The Morgan fingerprint density at radius 2 is 1.74 bits per heavy atom. The standard InChI is InChI=1S/C17H27NO/c1-5-14(6-2)13-18(8-4)16-12-10-9-11-15(16)17(19)7-3/h9-12,14H,5-8,13H2,1-4H3. The second-order valence-electron chi connectivity index (χ2n) is 5.02. The molecule has 1 rings (SSSR count). The second kappa shape index (κ2) is 7.98. The van der Waals surface area contributed by atoms with E-state index in [-0.39, 0.29) is 5.78 Å². The van der Waals surface area contributed by atoms with Crippen molar-refractivity contribution >= 4 is 11.5 Å². The van der Waals surface area contributed by atoms with E-state index in [1.54, 1.807) is 0 Å². The lowest BCUT2D eigenvalue weighted by Crippen LogP contribution is -2.30. The molecule has 0 atom stereocenters. The Morgan fingerprint density at radius 1 is 1.11 bits per heavy atom. The maximum Gasteiger partial charge on any atom is 0.164 e. The van der Waals surface area contributed by atoms with Gasteiger partial charge in [0.2, 0.25) is 0 Å². The summed E-state index contributed by atoms with van der Waals surface area (Å²) < 4.78 is 0. The smallest absolute Gasteiger partial charge is 0.164 e. The Morgan fingerprint density at radius 3 is 2.26 bits per heavy atom. The minimum atomic E-state index is 0.235. The van der Waals surface area contributed by atoms with Crippen LogP contribution in [-0.2, 0) is 0 Å². The molecule has 0 aliphatic heterocycles. The first-order chi connectivity index (χ1) is 9.17. The fourth-order valence-corrected chi connectivity index (χ4v) is 2.43. The maximum atomic E-state index is 12.1. The van der Waals surface area contributed by atoms with E-state index in [4.69, 9.17) is 0 Å². The van der Waals surface area contributed by atoms with Crippen molar-refractivity contribution in [2.45, 2.75) is 47.0 Å². The molecule has 0 fully saturated rings. The fraction of sp³-hybridized carbons (Fsp3) is 0.588. The Kier molecular flexibility index (Phi) is 6.61. The van der Waals surface area contributed by atoms with Crippen molar-refractivity contribution in [3.05, 3.63) is 29.8 Å². The lowest BCUT2D eigenvalue weighted by atomic mass is 10.0. The molecule has 0 unspecified atom stereocenters. The van der Waals surface area contributed by atoms with Gasteiger partial charge in [-0.05, 0) is 25.0 Å². The summed E-state index contributed by atoms with van der Waals surface area (Å²) in [4.78, 5) is 14.4. The first-order valence-corrected chi connectivity index (χ1v) is 7.54. The van der Waals surface area contributed by atoms with Crippen LogP contribution in [0.3, 0.4) is 0 Å². The summed E-state index contributed by atoms with van der Waals surface area (Å²) in [5, 5.41) is 0. The van der Waals surface area contributed by atoms with Crippen molar-refractivity contribution in [2.24, 2.45) is 5.92 Å². The average Bonchev–Trinajstić information content (AvgIpc) is 2.48. The molecule has 1 aromatic carbocycles. The van der Waals surface area contributed by atoms with E-state index < -0.39 is 0 Å². The summed E-state index contributed by atoms with van der Waals surface area (Å²) in [6.07, 6.45) is 2.95. The summed E-state index contributed by atoms with van der Waals surface area (Å²) in [6.45, 7) is 10.6. The molecule has 2 heteroatoms. The van der Waals surface area contributed by atoms with E-state index in [1.165, 1.54) is 12.8 Å². The highest BCUT2D eigenvalue weighted by Gasteiger charge is 2.16. The van der Waals surface area contributed by atoms with Crippen LogP contribution in [0, 0.1) is 5.92 Å². The van der Waals surface area contributed by atoms with Gasteiger partial charge in [-0.15, -0.1) is 0 Å². The molecule has 0 aliphatic carbocycles. The predicted molar refractivity (Wildman–Crippen MR) is 83.0 cm³/mol. The predicted octanol–water partition coefficient (Wildman–Crippen LogP) is 4.54. The first kappa shape index (κ1) is 15.7. The Bertz CT molecular complexity index is 396. The summed E-state index contributed by atoms with van der Waals surface area (Å²) in [5.74, 6) is 0.934. The van der Waals surface area contributed by atoms with Crippen LogP contribution in [0.15, 0.2) is 24.3 Å². The third kappa shape index (κ3) is 4.09. The van der Waals surface area contributed by atoms with Crippen LogP contribution in [0.2, 0.25) is 0 Å². The molecule has 0 amide bonds. The van der Waals surface area contributed by atoms with Gasteiger partial charge in [-0.3, -0.25) is 4.79 Å². The minimum Gasteiger partial charge on any atom is -0.371 e. The van der Waals surface area contributed by atoms with Gasteiger partial charge in [0.1, 0.15) is 0 Å². The third-order valence-corrected chi connectivity index (χ3v) is 3.88. The van der Waals surface area contributed by atoms with Crippen molar-refractivity contribution in [3.63, 3.8) is 0 Å². The molecule has 0 heterocycles. The number of carbonyl (C=O) groups excluding carboxylic acids is 1. The molecule has 19 heavy (non-hydrogen) atoms.